The Balaban J connectivity index is 2.65. The maximum atomic E-state index is 13.4. The molecule has 8 unspecified atom stereocenters. The van der Waals surface area contributed by atoms with Gasteiger partial charge >= 0.3 is 5.97 Å². The number of carbonyl (C=O) groups is 2. The summed E-state index contributed by atoms with van der Waals surface area (Å²) in [7, 11) is 0. The van der Waals surface area contributed by atoms with Crippen LogP contribution in [0.25, 0.3) is 0 Å². The Morgan fingerprint density at radius 1 is 0.513 bits per heavy atom. The van der Waals surface area contributed by atoms with Crippen molar-refractivity contribution >= 4 is 11.9 Å². The quantitative estimate of drug-likeness (QED) is 0.0195. The molecule has 6 N–H and O–H groups in total. The number of unbranched alkanes of at least 4 members (excludes halogenated alkanes) is 34. The van der Waals surface area contributed by atoms with Crippen molar-refractivity contribution in [2.45, 2.75) is 339 Å². The molecule has 0 saturated carbocycles. The molecule has 1 amide bonds. The molecule has 8 atom stereocenters. The summed E-state index contributed by atoms with van der Waals surface area (Å²) in [6.45, 7) is 5.77. The molecule has 0 aliphatic carbocycles. The number of allylic oxidation sites excluding steroid dienone is 7. The molecule has 0 aromatic carbocycles. The molecule has 1 aliphatic heterocycles. The SMILES string of the molecule is CCCCC/C=C\C/C=C\C/C=C\CCCCCCCCCCC(=O)OC1C(OCC(NC(=O)C(O)CCCCCCCCCCCCCCCC)C(O)/C=C/CCCCCCCCCCCC)OC(CO)C(O)C1O. The highest BCUT2D eigenvalue weighted by molar-refractivity contribution is 5.80. The number of aliphatic hydroxyl groups excluding tert-OH is 5. The van der Waals surface area contributed by atoms with Gasteiger partial charge in [0.1, 0.15) is 24.4 Å². The second-order valence-corrected chi connectivity index (χ2v) is 22.1. The first kappa shape index (κ1) is 71.6. The molecule has 0 spiro atoms. The topological polar surface area (TPSA) is 175 Å². The second kappa shape index (κ2) is 53.3. The molecule has 11 nitrogen and oxygen atoms in total. The number of ether oxygens (including phenoxy) is 3. The van der Waals surface area contributed by atoms with Gasteiger partial charge in [-0.3, -0.25) is 9.59 Å². The van der Waals surface area contributed by atoms with Gasteiger partial charge in [-0.2, -0.15) is 0 Å². The summed E-state index contributed by atoms with van der Waals surface area (Å²) in [5.41, 5.74) is 0. The monoisotopic (exact) mass is 1070 g/mol. The van der Waals surface area contributed by atoms with E-state index in [0.29, 0.717) is 19.3 Å². The van der Waals surface area contributed by atoms with Crippen LogP contribution in [0.3, 0.4) is 0 Å². The van der Waals surface area contributed by atoms with Crippen molar-refractivity contribution in [3.05, 3.63) is 48.6 Å². The van der Waals surface area contributed by atoms with Crippen LogP contribution in [0.4, 0.5) is 0 Å². The third kappa shape index (κ3) is 40.8. The zero-order valence-corrected chi connectivity index (χ0v) is 49.1. The fourth-order valence-corrected chi connectivity index (χ4v) is 9.89. The third-order valence-corrected chi connectivity index (χ3v) is 15.0. The highest BCUT2D eigenvalue weighted by Gasteiger charge is 2.47. The van der Waals surface area contributed by atoms with Gasteiger partial charge in [-0.15, -0.1) is 0 Å². The van der Waals surface area contributed by atoms with Crippen molar-refractivity contribution in [1.29, 1.82) is 0 Å². The summed E-state index contributed by atoms with van der Waals surface area (Å²) in [4.78, 5) is 26.5. The average Bonchev–Trinajstić information content (AvgIpc) is 3.42. The lowest BCUT2D eigenvalue weighted by molar-refractivity contribution is -0.305. The van der Waals surface area contributed by atoms with Crippen molar-refractivity contribution in [3.8, 4) is 0 Å². The highest BCUT2D eigenvalue weighted by atomic mass is 16.7. The molecule has 0 radical (unpaired) electrons. The van der Waals surface area contributed by atoms with Crippen molar-refractivity contribution in [1.82, 2.24) is 5.32 Å². The normalized spacial score (nSPS) is 19.4. The predicted octanol–water partition coefficient (Wildman–Crippen LogP) is 15.2. The van der Waals surface area contributed by atoms with E-state index in [4.69, 9.17) is 14.2 Å². The van der Waals surface area contributed by atoms with Crippen LogP contribution >= 0.6 is 0 Å². The first-order valence-electron chi connectivity index (χ1n) is 31.9. The van der Waals surface area contributed by atoms with E-state index in [0.717, 1.165) is 83.5 Å². The number of esters is 1. The lowest BCUT2D eigenvalue weighted by Gasteiger charge is -2.41. The van der Waals surface area contributed by atoms with Crippen molar-refractivity contribution < 1.29 is 49.3 Å². The van der Waals surface area contributed by atoms with Gasteiger partial charge in [0.2, 0.25) is 5.91 Å². The molecule has 1 saturated heterocycles. The van der Waals surface area contributed by atoms with Crippen molar-refractivity contribution in [3.63, 3.8) is 0 Å². The molecule has 1 fully saturated rings. The minimum Gasteiger partial charge on any atom is -0.454 e. The van der Waals surface area contributed by atoms with Crippen LogP contribution in [0, 0.1) is 0 Å². The Hall–Kier alpha value is -2.38. The van der Waals surface area contributed by atoms with E-state index in [1.54, 1.807) is 6.08 Å². The van der Waals surface area contributed by atoms with Crippen LogP contribution in [-0.2, 0) is 23.8 Å². The molecular weight excluding hydrogens is 955 g/mol. The Labute approximate surface area is 466 Å². The number of carbonyl (C=O) groups excluding carboxylic acids is 2. The molecule has 0 bridgehead atoms. The number of hydrogen-bond donors (Lipinski definition) is 6. The molecule has 76 heavy (non-hydrogen) atoms. The van der Waals surface area contributed by atoms with Crippen LogP contribution in [0.5, 0.6) is 0 Å². The third-order valence-electron chi connectivity index (χ3n) is 15.0. The van der Waals surface area contributed by atoms with E-state index in [1.807, 2.05) is 6.08 Å². The summed E-state index contributed by atoms with van der Waals surface area (Å²) in [5.74, 6) is -1.19. The highest BCUT2D eigenvalue weighted by Crippen LogP contribution is 2.26. The lowest BCUT2D eigenvalue weighted by Crippen LogP contribution is -2.61. The Morgan fingerprint density at radius 2 is 0.908 bits per heavy atom. The van der Waals surface area contributed by atoms with Gasteiger partial charge in [0.05, 0.1) is 25.4 Å². The average molecular weight is 1070 g/mol. The molecule has 1 heterocycles. The summed E-state index contributed by atoms with van der Waals surface area (Å²) in [6, 6.07) is -1.02. The van der Waals surface area contributed by atoms with Gasteiger partial charge in [-0.25, -0.2) is 0 Å². The molecular formula is C65H119NO10. The van der Waals surface area contributed by atoms with E-state index < -0.39 is 67.4 Å². The standard InChI is InChI=1S/C65H119NO10/c1-4-7-10-13-16-19-22-25-27-28-29-30-31-32-33-35-38-41-44-47-50-53-60(70)76-63-62(72)61(71)59(54-67)75-65(63)74-55-56(57(68)51-48-45-42-39-36-24-21-18-15-12-9-6-3)66-64(73)58(69)52-49-46-43-40-37-34-26-23-20-17-14-11-8-5-2/h16,19,25,27,29-30,48,51,56-59,61-63,65,67-69,71-72H,4-15,17-18,20-24,26,28,31-47,49-50,52-55H2,1-3H3,(H,66,73)/b19-16-,27-25-,30-29-,51-48+. The number of amides is 1. The first-order valence-corrected chi connectivity index (χ1v) is 31.9. The van der Waals surface area contributed by atoms with E-state index >= 15 is 0 Å². The van der Waals surface area contributed by atoms with E-state index in [2.05, 4.69) is 62.5 Å². The van der Waals surface area contributed by atoms with Gasteiger partial charge in [-0.1, -0.05) is 268 Å². The van der Waals surface area contributed by atoms with E-state index in [9.17, 15) is 35.1 Å². The number of rotatable bonds is 54. The maximum Gasteiger partial charge on any atom is 0.306 e. The van der Waals surface area contributed by atoms with Gasteiger partial charge in [0, 0.05) is 6.42 Å². The van der Waals surface area contributed by atoms with Gasteiger partial charge in [0.15, 0.2) is 12.4 Å². The zero-order valence-electron chi connectivity index (χ0n) is 49.1. The fourth-order valence-electron chi connectivity index (χ4n) is 9.89. The summed E-state index contributed by atoms with van der Waals surface area (Å²) < 4.78 is 17.6. The first-order chi connectivity index (χ1) is 37.2. The minimum absolute atomic E-state index is 0.116. The summed E-state index contributed by atoms with van der Waals surface area (Å²) in [6.07, 6.45) is 54.3. The molecule has 444 valence electrons. The number of aliphatic hydroxyl groups is 5. The predicted molar refractivity (Wildman–Crippen MR) is 315 cm³/mol. The van der Waals surface area contributed by atoms with Gasteiger partial charge < -0.3 is 45.1 Å². The minimum atomic E-state index is -1.62. The number of hydrogen-bond acceptors (Lipinski definition) is 10. The van der Waals surface area contributed by atoms with Gasteiger partial charge in [0.25, 0.3) is 0 Å². The van der Waals surface area contributed by atoms with Crippen LogP contribution in [0.15, 0.2) is 48.6 Å². The molecule has 0 aromatic rings. The van der Waals surface area contributed by atoms with E-state index in [1.165, 1.54) is 161 Å². The fraction of sp³-hybridized carbons (Fsp3) is 0.846. The van der Waals surface area contributed by atoms with Crippen LogP contribution in [0.2, 0.25) is 0 Å². The molecule has 11 heteroatoms. The van der Waals surface area contributed by atoms with Crippen LogP contribution in [-0.4, -0.2) is 99.6 Å². The second-order valence-electron chi connectivity index (χ2n) is 22.1. The lowest BCUT2D eigenvalue weighted by atomic mass is 9.99. The molecule has 1 aliphatic rings. The van der Waals surface area contributed by atoms with Crippen molar-refractivity contribution in [2.24, 2.45) is 0 Å². The van der Waals surface area contributed by atoms with Crippen molar-refractivity contribution in [2.75, 3.05) is 13.2 Å². The van der Waals surface area contributed by atoms with Crippen LogP contribution in [0.1, 0.15) is 290 Å². The Bertz CT molecular complexity index is 1420. The Morgan fingerprint density at radius 3 is 1.38 bits per heavy atom. The maximum absolute atomic E-state index is 13.4. The molecule has 0 aromatic heterocycles. The van der Waals surface area contributed by atoms with Gasteiger partial charge in [-0.05, 0) is 64.2 Å². The molecule has 1 rings (SSSR count). The smallest absolute Gasteiger partial charge is 0.306 e. The zero-order chi connectivity index (χ0) is 55.4. The Kier molecular flexibility index (Phi) is 50.2. The largest absolute Gasteiger partial charge is 0.454 e. The summed E-state index contributed by atoms with van der Waals surface area (Å²) in [5, 5.41) is 57.0. The number of nitrogens with one attached hydrogen (secondary N) is 1. The van der Waals surface area contributed by atoms with Crippen LogP contribution < -0.4 is 5.32 Å². The van der Waals surface area contributed by atoms with E-state index in [-0.39, 0.29) is 13.0 Å². The summed E-state index contributed by atoms with van der Waals surface area (Å²) >= 11 is 0.